The standard InChI is InChI=1S/C16H18N2O4/c1-10-3-8-14(22-10)11(2)18-16(21)17-9-12-4-6-13(7-5-12)15(19)20/h3-8,11H,9H2,1-2H3,(H,19,20)(H2,17,18,21). The SMILES string of the molecule is Cc1ccc(C(C)NC(=O)NCc2ccc(C(=O)O)cc2)o1. The smallest absolute Gasteiger partial charge is 0.335 e. The second-order valence-corrected chi connectivity index (χ2v) is 5.00. The maximum atomic E-state index is 11.8. The number of carboxylic acid groups (broad SMARTS) is 1. The molecule has 0 radical (unpaired) electrons. The largest absolute Gasteiger partial charge is 0.478 e. The van der Waals surface area contributed by atoms with E-state index in [1.165, 1.54) is 12.1 Å². The van der Waals surface area contributed by atoms with Crippen LogP contribution in [-0.2, 0) is 6.54 Å². The molecule has 0 aliphatic rings. The van der Waals surface area contributed by atoms with E-state index in [-0.39, 0.29) is 17.6 Å². The first-order valence-electron chi connectivity index (χ1n) is 6.88. The van der Waals surface area contributed by atoms with E-state index in [1.54, 1.807) is 12.1 Å². The number of furan rings is 1. The van der Waals surface area contributed by atoms with E-state index >= 15 is 0 Å². The molecule has 1 heterocycles. The van der Waals surface area contributed by atoms with Crippen molar-refractivity contribution in [3.05, 3.63) is 59.0 Å². The summed E-state index contributed by atoms with van der Waals surface area (Å²) in [6.07, 6.45) is 0. The van der Waals surface area contributed by atoms with Crippen molar-refractivity contribution >= 4 is 12.0 Å². The Morgan fingerprint density at radius 1 is 1.18 bits per heavy atom. The van der Waals surface area contributed by atoms with E-state index in [4.69, 9.17) is 9.52 Å². The molecule has 1 unspecified atom stereocenters. The minimum Gasteiger partial charge on any atom is -0.478 e. The van der Waals surface area contributed by atoms with Crippen molar-refractivity contribution in [2.45, 2.75) is 26.4 Å². The Kier molecular flexibility index (Phi) is 4.83. The van der Waals surface area contributed by atoms with Gasteiger partial charge in [0.15, 0.2) is 0 Å². The van der Waals surface area contributed by atoms with Gasteiger partial charge in [-0.05, 0) is 43.7 Å². The van der Waals surface area contributed by atoms with Gasteiger partial charge in [-0.1, -0.05) is 12.1 Å². The van der Waals surface area contributed by atoms with Crippen LogP contribution < -0.4 is 10.6 Å². The van der Waals surface area contributed by atoms with Gasteiger partial charge in [0.25, 0.3) is 0 Å². The highest BCUT2D eigenvalue weighted by Gasteiger charge is 2.12. The Balaban J connectivity index is 1.83. The average molecular weight is 302 g/mol. The lowest BCUT2D eigenvalue weighted by molar-refractivity contribution is 0.0697. The number of carbonyl (C=O) groups is 2. The third kappa shape index (κ3) is 4.12. The molecule has 0 saturated heterocycles. The van der Waals surface area contributed by atoms with Crippen LogP contribution in [0, 0.1) is 6.92 Å². The van der Waals surface area contributed by atoms with Crippen LogP contribution in [0.5, 0.6) is 0 Å². The van der Waals surface area contributed by atoms with Gasteiger partial charge < -0.3 is 20.2 Å². The molecule has 0 spiro atoms. The minimum atomic E-state index is -0.972. The summed E-state index contributed by atoms with van der Waals surface area (Å²) in [4.78, 5) is 22.6. The Morgan fingerprint density at radius 2 is 1.86 bits per heavy atom. The summed E-state index contributed by atoms with van der Waals surface area (Å²) in [5.41, 5.74) is 1.04. The molecule has 1 aromatic heterocycles. The van der Waals surface area contributed by atoms with E-state index in [1.807, 2.05) is 26.0 Å². The van der Waals surface area contributed by atoms with Gasteiger partial charge in [-0.3, -0.25) is 0 Å². The first-order chi connectivity index (χ1) is 10.5. The first-order valence-corrected chi connectivity index (χ1v) is 6.88. The zero-order valence-electron chi connectivity index (χ0n) is 12.4. The molecular formula is C16H18N2O4. The monoisotopic (exact) mass is 302 g/mol. The number of carboxylic acids is 1. The Morgan fingerprint density at radius 3 is 2.41 bits per heavy atom. The molecule has 0 aliphatic heterocycles. The van der Waals surface area contributed by atoms with Gasteiger partial charge in [0, 0.05) is 6.54 Å². The molecule has 2 amide bonds. The van der Waals surface area contributed by atoms with E-state index < -0.39 is 5.97 Å². The van der Waals surface area contributed by atoms with Crippen LogP contribution in [0.2, 0.25) is 0 Å². The highest BCUT2D eigenvalue weighted by atomic mass is 16.4. The zero-order chi connectivity index (χ0) is 16.1. The van der Waals surface area contributed by atoms with Gasteiger partial charge in [0.05, 0.1) is 11.6 Å². The molecule has 6 nitrogen and oxygen atoms in total. The van der Waals surface area contributed by atoms with E-state index in [0.717, 1.165) is 11.3 Å². The number of urea groups is 1. The minimum absolute atomic E-state index is 0.218. The second kappa shape index (κ2) is 6.80. The maximum Gasteiger partial charge on any atom is 0.335 e. The highest BCUT2D eigenvalue weighted by Crippen LogP contribution is 2.15. The van der Waals surface area contributed by atoms with Crippen molar-refractivity contribution in [3.8, 4) is 0 Å². The molecule has 2 aromatic rings. The Labute approximate surface area is 128 Å². The fourth-order valence-electron chi connectivity index (χ4n) is 1.95. The fourth-order valence-corrected chi connectivity index (χ4v) is 1.95. The van der Waals surface area contributed by atoms with Gasteiger partial charge >= 0.3 is 12.0 Å². The lowest BCUT2D eigenvalue weighted by Crippen LogP contribution is -2.36. The zero-order valence-corrected chi connectivity index (χ0v) is 12.4. The molecule has 22 heavy (non-hydrogen) atoms. The average Bonchev–Trinajstić information content (AvgIpc) is 2.92. The summed E-state index contributed by atoms with van der Waals surface area (Å²) in [5.74, 6) is 0.515. The molecule has 0 bridgehead atoms. The lowest BCUT2D eigenvalue weighted by Gasteiger charge is -2.12. The summed E-state index contributed by atoms with van der Waals surface area (Å²) in [5, 5.41) is 14.3. The number of hydrogen-bond acceptors (Lipinski definition) is 3. The third-order valence-corrected chi connectivity index (χ3v) is 3.19. The Hall–Kier alpha value is -2.76. The van der Waals surface area contributed by atoms with Gasteiger partial charge in [-0.2, -0.15) is 0 Å². The van der Waals surface area contributed by atoms with E-state index in [0.29, 0.717) is 12.3 Å². The molecule has 1 atom stereocenters. The third-order valence-electron chi connectivity index (χ3n) is 3.19. The summed E-state index contributed by atoms with van der Waals surface area (Å²) in [6, 6.07) is 9.47. The van der Waals surface area contributed by atoms with Gasteiger partial charge in [-0.25, -0.2) is 9.59 Å². The van der Waals surface area contributed by atoms with Gasteiger partial charge in [0.1, 0.15) is 11.5 Å². The van der Waals surface area contributed by atoms with Crippen molar-refractivity contribution < 1.29 is 19.1 Å². The van der Waals surface area contributed by atoms with Crippen LogP contribution in [0.25, 0.3) is 0 Å². The summed E-state index contributed by atoms with van der Waals surface area (Å²) in [6.45, 7) is 3.99. The number of aromatic carboxylic acids is 1. The van der Waals surface area contributed by atoms with Crippen LogP contribution in [0.15, 0.2) is 40.8 Å². The van der Waals surface area contributed by atoms with Crippen molar-refractivity contribution in [1.82, 2.24) is 10.6 Å². The molecule has 6 heteroatoms. The van der Waals surface area contributed by atoms with Crippen LogP contribution in [0.1, 0.15) is 40.4 Å². The number of nitrogens with one attached hydrogen (secondary N) is 2. The molecule has 0 saturated carbocycles. The van der Waals surface area contributed by atoms with Crippen molar-refractivity contribution in [1.29, 1.82) is 0 Å². The van der Waals surface area contributed by atoms with Crippen LogP contribution in [0.4, 0.5) is 4.79 Å². The van der Waals surface area contributed by atoms with E-state index in [2.05, 4.69) is 10.6 Å². The van der Waals surface area contributed by atoms with Crippen LogP contribution in [0.3, 0.4) is 0 Å². The molecule has 0 fully saturated rings. The molecule has 0 aliphatic carbocycles. The predicted octanol–water partition coefficient (Wildman–Crippen LogP) is 2.85. The normalized spacial score (nSPS) is 11.7. The van der Waals surface area contributed by atoms with Crippen molar-refractivity contribution in [2.24, 2.45) is 0 Å². The van der Waals surface area contributed by atoms with Crippen LogP contribution >= 0.6 is 0 Å². The molecule has 116 valence electrons. The number of benzene rings is 1. The Bertz CT molecular complexity index is 661. The van der Waals surface area contributed by atoms with Gasteiger partial charge in [-0.15, -0.1) is 0 Å². The highest BCUT2D eigenvalue weighted by molar-refractivity contribution is 5.87. The quantitative estimate of drug-likeness (QED) is 0.792. The van der Waals surface area contributed by atoms with Gasteiger partial charge in [0.2, 0.25) is 0 Å². The lowest BCUT2D eigenvalue weighted by atomic mass is 10.1. The van der Waals surface area contributed by atoms with Crippen molar-refractivity contribution in [3.63, 3.8) is 0 Å². The second-order valence-electron chi connectivity index (χ2n) is 5.00. The fraction of sp³-hybridized carbons (Fsp3) is 0.250. The molecule has 3 N–H and O–H groups in total. The van der Waals surface area contributed by atoms with Crippen LogP contribution in [-0.4, -0.2) is 17.1 Å². The number of aryl methyl sites for hydroxylation is 1. The predicted molar refractivity (Wildman–Crippen MR) is 80.6 cm³/mol. The number of rotatable bonds is 5. The maximum absolute atomic E-state index is 11.8. The topological polar surface area (TPSA) is 91.6 Å². The first kappa shape index (κ1) is 15.6. The molecular weight excluding hydrogens is 284 g/mol. The molecule has 1 aromatic carbocycles. The number of amides is 2. The summed E-state index contributed by atoms with van der Waals surface area (Å²) >= 11 is 0. The van der Waals surface area contributed by atoms with E-state index in [9.17, 15) is 9.59 Å². The summed E-state index contributed by atoms with van der Waals surface area (Å²) in [7, 11) is 0. The molecule has 2 rings (SSSR count). The number of hydrogen-bond donors (Lipinski definition) is 3. The number of carbonyl (C=O) groups excluding carboxylic acids is 1. The summed E-state index contributed by atoms with van der Waals surface area (Å²) < 4.78 is 5.45. The van der Waals surface area contributed by atoms with Crippen molar-refractivity contribution in [2.75, 3.05) is 0 Å².